The molecule has 0 aliphatic carbocycles. The van der Waals surface area contributed by atoms with Gasteiger partial charge < -0.3 is 10.0 Å². The van der Waals surface area contributed by atoms with Crippen LogP contribution in [0.2, 0.25) is 0 Å². The fraction of sp³-hybridized carbons (Fsp3) is 0.545. The second-order valence-electron chi connectivity index (χ2n) is 9.10. The van der Waals surface area contributed by atoms with Crippen molar-refractivity contribution < 1.29 is 23.1 Å². The summed E-state index contributed by atoms with van der Waals surface area (Å²) >= 11 is 0. The third kappa shape index (κ3) is 4.24. The van der Waals surface area contributed by atoms with E-state index in [1.165, 1.54) is 5.56 Å². The number of halogens is 3. The molecule has 164 valence electrons. The lowest BCUT2D eigenvalue weighted by Crippen LogP contribution is -2.57. The summed E-state index contributed by atoms with van der Waals surface area (Å²) in [6.07, 6.45) is -2.28. The molecule has 0 bridgehead atoms. The van der Waals surface area contributed by atoms with Gasteiger partial charge in [0.15, 0.2) is 0 Å². The zero-order chi connectivity index (χ0) is 22.3. The molecule has 0 unspecified atom stereocenters. The van der Waals surface area contributed by atoms with E-state index in [0.717, 1.165) is 16.3 Å². The predicted molar refractivity (Wildman–Crippen MR) is 107 cm³/mol. The Bertz CT molecular complexity index is 888. The molecule has 3 rings (SSSR count). The van der Waals surface area contributed by atoms with Crippen LogP contribution >= 0.6 is 0 Å². The van der Waals surface area contributed by atoms with E-state index in [2.05, 4.69) is 38.0 Å². The van der Waals surface area contributed by atoms with Gasteiger partial charge in [0.1, 0.15) is 0 Å². The molecule has 1 aromatic heterocycles. The van der Waals surface area contributed by atoms with E-state index in [1.54, 1.807) is 6.20 Å². The molecule has 1 amide bonds. The molecule has 1 aromatic carbocycles. The molecule has 1 aliphatic rings. The van der Waals surface area contributed by atoms with Gasteiger partial charge in [-0.1, -0.05) is 32.9 Å². The average Bonchev–Trinajstić information content (AvgIpc) is 3.16. The molecular weight excluding hydrogens is 395 g/mol. The van der Waals surface area contributed by atoms with Gasteiger partial charge in [-0.3, -0.25) is 4.79 Å². The summed E-state index contributed by atoms with van der Waals surface area (Å²) in [5.41, 5.74) is -0.225. The van der Waals surface area contributed by atoms with Crippen LogP contribution in [0.3, 0.4) is 0 Å². The highest BCUT2D eigenvalue weighted by atomic mass is 19.4. The van der Waals surface area contributed by atoms with Crippen LogP contribution in [0.4, 0.5) is 13.2 Å². The number of aliphatic hydroxyl groups is 1. The number of carbonyl (C=O) groups excluding carboxylic acids is 1. The number of aromatic nitrogens is 2. The maximum atomic E-state index is 13.0. The minimum atomic E-state index is -5.00. The second-order valence-corrected chi connectivity index (χ2v) is 9.10. The van der Waals surface area contributed by atoms with Gasteiger partial charge in [0, 0.05) is 30.9 Å². The first kappa shape index (κ1) is 22.3. The van der Waals surface area contributed by atoms with Crippen LogP contribution in [0.25, 0.3) is 5.69 Å². The number of carbonyl (C=O) groups is 1. The van der Waals surface area contributed by atoms with Gasteiger partial charge in [-0.2, -0.15) is 18.3 Å². The quantitative estimate of drug-likeness (QED) is 0.806. The van der Waals surface area contributed by atoms with Crippen molar-refractivity contribution in [3.05, 3.63) is 47.8 Å². The number of piperidine rings is 1. The molecular formula is C22H28F3N3O2. The van der Waals surface area contributed by atoms with Crippen LogP contribution in [0.5, 0.6) is 0 Å². The Labute approximate surface area is 174 Å². The van der Waals surface area contributed by atoms with Crippen molar-refractivity contribution in [3.8, 4) is 5.69 Å². The lowest BCUT2D eigenvalue weighted by Gasteiger charge is -2.36. The Hall–Kier alpha value is -2.35. The largest absolute Gasteiger partial charge is 0.426 e. The van der Waals surface area contributed by atoms with E-state index in [0.29, 0.717) is 19.8 Å². The van der Waals surface area contributed by atoms with Gasteiger partial charge >= 0.3 is 6.18 Å². The fourth-order valence-electron chi connectivity index (χ4n) is 3.75. The normalized spacial score (nSPS) is 18.3. The average molecular weight is 423 g/mol. The first-order valence-electron chi connectivity index (χ1n) is 10.1. The Balaban J connectivity index is 1.72. The highest BCUT2D eigenvalue weighted by Crippen LogP contribution is 2.35. The summed E-state index contributed by atoms with van der Waals surface area (Å²) in [5, 5.41) is 14.1. The number of benzene rings is 1. The van der Waals surface area contributed by atoms with Crippen LogP contribution in [0, 0.1) is 0 Å². The first-order chi connectivity index (χ1) is 13.8. The minimum absolute atomic E-state index is 0.0441. The van der Waals surface area contributed by atoms with Crippen molar-refractivity contribution in [2.75, 3.05) is 13.1 Å². The lowest BCUT2D eigenvalue weighted by molar-refractivity contribution is -0.250. The van der Waals surface area contributed by atoms with Crippen molar-refractivity contribution in [3.63, 3.8) is 0 Å². The van der Waals surface area contributed by atoms with E-state index in [9.17, 15) is 23.1 Å². The van der Waals surface area contributed by atoms with Gasteiger partial charge in [0.05, 0.1) is 5.69 Å². The molecule has 8 heteroatoms. The summed E-state index contributed by atoms with van der Waals surface area (Å²) in [5.74, 6) is -1.23. The molecule has 2 aromatic rings. The van der Waals surface area contributed by atoms with Crippen LogP contribution in [-0.4, -0.2) is 50.6 Å². The number of alkyl halides is 3. The topological polar surface area (TPSA) is 58.4 Å². The minimum Gasteiger partial charge on any atom is -0.373 e. The van der Waals surface area contributed by atoms with Gasteiger partial charge in [0.25, 0.3) is 5.91 Å². The van der Waals surface area contributed by atoms with Crippen LogP contribution in [-0.2, 0) is 10.2 Å². The SMILES string of the molecule is CC(C)(C)c1ccc(-n2nccc2C2CCN(C(=O)[C@@](C)(O)C(F)(F)F)CC2)cc1. The standard InChI is InChI=1S/C22H28F3N3O2/c1-20(2,3)16-5-7-17(8-6-16)28-18(9-12-26-28)15-10-13-27(14-11-15)19(29)21(4,30)22(23,24)25/h5-9,12,15,30H,10-11,13-14H2,1-4H3/t21-/m1/s1. The molecule has 5 nitrogen and oxygen atoms in total. The molecule has 2 heterocycles. The Kier molecular flexibility index (Phi) is 5.75. The monoisotopic (exact) mass is 423 g/mol. The van der Waals surface area contributed by atoms with Crippen molar-refractivity contribution in [2.24, 2.45) is 0 Å². The molecule has 0 spiro atoms. The van der Waals surface area contributed by atoms with E-state index >= 15 is 0 Å². The van der Waals surface area contributed by atoms with Gasteiger partial charge in [-0.15, -0.1) is 0 Å². The lowest BCUT2D eigenvalue weighted by atomic mass is 9.87. The highest BCUT2D eigenvalue weighted by Gasteiger charge is 2.57. The van der Waals surface area contributed by atoms with E-state index in [4.69, 9.17) is 0 Å². The maximum Gasteiger partial charge on any atom is 0.426 e. The highest BCUT2D eigenvalue weighted by molar-refractivity contribution is 5.85. The molecule has 1 saturated heterocycles. The summed E-state index contributed by atoms with van der Waals surface area (Å²) < 4.78 is 40.8. The summed E-state index contributed by atoms with van der Waals surface area (Å²) in [7, 11) is 0. The number of rotatable bonds is 3. The van der Waals surface area contributed by atoms with Crippen LogP contribution < -0.4 is 0 Å². The Morgan fingerprint density at radius 3 is 2.10 bits per heavy atom. The number of hydrogen-bond acceptors (Lipinski definition) is 3. The first-order valence-corrected chi connectivity index (χ1v) is 10.1. The van der Waals surface area contributed by atoms with E-state index in [-0.39, 0.29) is 24.4 Å². The zero-order valence-corrected chi connectivity index (χ0v) is 17.7. The van der Waals surface area contributed by atoms with Crippen LogP contribution in [0.1, 0.15) is 57.7 Å². The molecule has 0 radical (unpaired) electrons. The number of likely N-dealkylation sites (tertiary alicyclic amines) is 1. The third-order valence-corrected chi connectivity index (χ3v) is 5.82. The molecule has 30 heavy (non-hydrogen) atoms. The fourth-order valence-corrected chi connectivity index (χ4v) is 3.75. The molecule has 1 atom stereocenters. The molecule has 1 N–H and O–H groups in total. The van der Waals surface area contributed by atoms with Crippen molar-refractivity contribution in [1.29, 1.82) is 0 Å². The summed E-state index contributed by atoms with van der Waals surface area (Å²) in [4.78, 5) is 13.3. The van der Waals surface area contributed by atoms with E-state index in [1.807, 2.05) is 22.9 Å². The third-order valence-electron chi connectivity index (χ3n) is 5.82. The van der Waals surface area contributed by atoms with Crippen molar-refractivity contribution in [2.45, 2.75) is 63.6 Å². The predicted octanol–water partition coefficient (Wildman–Crippen LogP) is 4.19. The Morgan fingerprint density at radius 2 is 1.60 bits per heavy atom. The Morgan fingerprint density at radius 1 is 1.03 bits per heavy atom. The zero-order valence-electron chi connectivity index (χ0n) is 17.7. The van der Waals surface area contributed by atoms with E-state index < -0.39 is 17.7 Å². The summed E-state index contributed by atoms with van der Waals surface area (Å²) in [6, 6.07) is 10.1. The maximum absolute atomic E-state index is 13.0. The number of nitrogens with zero attached hydrogens (tertiary/aromatic N) is 3. The van der Waals surface area contributed by atoms with Gasteiger partial charge in [0.2, 0.25) is 5.60 Å². The number of hydrogen-bond donors (Lipinski definition) is 1. The summed E-state index contributed by atoms with van der Waals surface area (Å²) in [6.45, 7) is 7.26. The second kappa shape index (κ2) is 7.72. The smallest absolute Gasteiger partial charge is 0.373 e. The molecule has 1 fully saturated rings. The van der Waals surface area contributed by atoms with Gasteiger partial charge in [-0.25, -0.2) is 4.68 Å². The molecule has 1 aliphatic heterocycles. The van der Waals surface area contributed by atoms with Gasteiger partial charge in [-0.05, 0) is 48.9 Å². The number of amides is 1. The van der Waals surface area contributed by atoms with Crippen molar-refractivity contribution >= 4 is 5.91 Å². The molecule has 0 saturated carbocycles. The van der Waals surface area contributed by atoms with Crippen LogP contribution in [0.15, 0.2) is 36.5 Å². The van der Waals surface area contributed by atoms with Crippen molar-refractivity contribution in [1.82, 2.24) is 14.7 Å².